The fourth-order valence-corrected chi connectivity index (χ4v) is 3.76. The normalized spacial score (nSPS) is 19.7. The third kappa shape index (κ3) is 4.47. The summed E-state index contributed by atoms with van der Waals surface area (Å²) in [7, 11) is 0. The van der Waals surface area contributed by atoms with Gasteiger partial charge in [0.05, 0.1) is 0 Å². The van der Waals surface area contributed by atoms with E-state index in [4.69, 9.17) is 4.74 Å². The number of ether oxygens (including phenoxy) is 1. The number of carbonyl (C=O) groups is 1. The van der Waals surface area contributed by atoms with Gasteiger partial charge in [-0.1, -0.05) is 33.1 Å². The Bertz CT molecular complexity index is 305. The molecule has 0 radical (unpaired) electrons. The second kappa shape index (κ2) is 7.80. The first-order valence-corrected chi connectivity index (χ1v) is 8.00. The van der Waals surface area contributed by atoms with Crippen LogP contribution in [0.25, 0.3) is 0 Å². The van der Waals surface area contributed by atoms with Crippen LogP contribution in [-0.4, -0.2) is 35.2 Å². The maximum atomic E-state index is 12.4. The third-order valence-electron chi connectivity index (χ3n) is 5.18. The number of likely N-dealkylation sites (tertiary alicyclic amines) is 1. The zero-order valence-electron chi connectivity index (χ0n) is 14.7. The molecule has 0 spiro atoms. The van der Waals surface area contributed by atoms with Crippen molar-refractivity contribution in [1.82, 2.24) is 4.90 Å². The van der Waals surface area contributed by atoms with Crippen LogP contribution in [0.15, 0.2) is 0 Å². The van der Waals surface area contributed by atoms with E-state index in [1.807, 2.05) is 25.7 Å². The van der Waals surface area contributed by atoms with Crippen LogP contribution in [0.1, 0.15) is 54.4 Å². The van der Waals surface area contributed by atoms with Gasteiger partial charge < -0.3 is 9.64 Å². The quantitative estimate of drug-likeness (QED) is 0.727. The second-order valence-corrected chi connectivity index (χ2v) is 7.18. The third-order valence-corrected chi connectivity index (χ3v) is 5.18. The molecule has 0 aliphatic carbocycles. The van der Waals surface area contributed by atoms with Gasteiger partial charge in [0.1, 0.15) is 5.60 Å². The summed E-state index contributed by atoms with van der Waals surface area (Å²) in [5.74, 6) is 0.412. The van der Waals surface area contributed by atoms with Gasteiger partial charge in [-0.15, -0.1) is 0 Å². The summed E-state index contributed by atoms with van der Waals surface area (Å²) in [5, 5.41) is 0. The number of nitrogens with zero attached hydrogens (tertiary/aromatic N) is 1. The minimum Gasteiger partial charge on any atom is -0.444 e. The maximum absolute atomic E-state index is 12.4. The molecule has 1 heterocycles. The standard InChI is InChI=1S/C15H31BNO2.Li/c1-7-16(8-2,9-3)13-11-10-12-17(13)14(18)19-15(4,5)6;/h13H,7-12H2,1-6H3;/q-1;+1/t13-;/m1./s1. The number of rotatable bonds is 4. The van der Waals surface area contributed by atoms with Crippen LogP contribution in [0, 0.1) is 0 Å². The van der Waals surface area contributed by atoms with Gasteiger partial charge in [0.2, 0.25) is 0 Å². The smallest absolute Gasteiger partial charge is 0.444 e. The van der Waals surface area contributed by atoms with Gasteiger partial charge in [0, 0.05) is 12.7 Å². The molecule has 0 bridgehead atoms. The van der Waals surface area contributed by atoms with Gasteiger partial charge in [-0.25, -0.2) is 4.79 Å². The SMILES string of the molecule is CC[B-](CC)(CC)[C@H]1CCCN1C(=O)OC(C)(C)C.[Li+]. The average molecular weight is 275 g/mol. The van der Waals surface area contributed by atoms with Crippen LogP contribution in [0.2, 0.25) is 19.0 Å². The molecule has 0 N–H and O–H groups in total. The molecule has 1 amide bonds. The predicted octanol–water partition coefficient (Wildman–Crippen LogP) is 1.44. The Kier molecular flexibility index (Phi) is 7.78. The van der Waals surface area contributed by atoms with Crippen molar-refractivity contribution < 1.29 is 28.4 Å². The molecule has 0 aromatic carbocycles. The van der Waals surface area contributed by atoms with Crippen molar-refractivity contribution in [1.29, 1.82) is 0 Å². The summed E-state index contributed by atoms with van der Waals surface area (Å²) in [4.78, 5) is 14.4. The molecule has 5 heteroatoms. The van der Waals surface area contributed by atoms with E-state index in [0.717, 1.165) is 19.4 Å². The number of hydrogen-bond donors (Lipinski definition) is 0. The van der Waals surface area contributed by atoms with Crippen molar-refractivity contribution in [3.8, 4) is 0 Å². The van der Waals surface area contributed by atoms with Crippen molar-refractivity contribution in [2.75, 3.05) is 6.54 Å². The monoisotopic (exact) mass is 275 g/mol. The van der Waals surface area contributed by atoms with E-state index in [1.165, 1.54) is 19.0 Å². The van der Waals surface area contributed by atoms with Crippen molar-refractivity contribution in [2.45, 2.75) is 84.9 Å². The van der Waals surface area contributed by atoms with Gasteiger partial charge >= 0.3 is 25.0 Å². The van der Waals surface area contributed by atoms with Crippen LogP contribution >= 0.6 is 0 Å². The summed E-state index contributed by atoms with van der Waals surface area (Å²) in [6.45, 7) is 13.5. The summed E-state index contributed by atoms with van der Waals surface area (Å²) in [6.07, 6.45) is 5.26. The van der Waals surface area contributed by atoms with Crippen molar-refractivity contribution >= 4 is 12.2 Å². The molecular weight excluding hydrogens is 244 g/mol. The van der Waals surface area contributed by atoms with E-state index < -0.39 is 11.7 Å². The Labute approximate surface area is 137 Å². The average Bonchev–Trinajstić information content (AvgIpc) is 2.80. The maximum Gasteiger partial charge on any atom is 1.00 e. The molecule has 0 unspecified atom stereocenters. The van der Waals surface area contributed by atoms with Gasteiger partial charge in [0.15, 0.2) is 0 Å². The van der Waals surface area contributed by atoms with Crippen molar-refractivity contribution in [2.24, 2.45) is 0 Å². The van der Waals surface area contributed by atoms with Gasteiger partial charge in [-0.2, -0.15) is 19.0 Å². The van der Waals surface area contributed by atoms with Gasteiger partial charge in [-0.05, 0) is 27.2 Å². The van der Waals surface area contributed by atoms with Crippen LogP contribution in [0.3, 0.4) is 0 Å². The Hall–Kier alpha value is -0.0677. The first-order chi connectivity index (χ1) is 8.79. The first kappa shape index (κ1) is 19.9. The topological polar surface area (TPSA) is 29.5 Å². The molecule has 1 aliphatic heterocycles. The summed E-state index contributed by atoms with van der Waals surface area (Å²) in [5.41, 5.74) is -0.398. The van der Waals surface area contributed by atoms with Crippen LogP contribution in [-0.2, 0) is 4.74 Å². The minimum absolute atomic E-state index is 0. The fourth-order valence-electron chi connectivity index (χ4n) is 3.76. The van der Waals surface area contributed by atoms with Crippen LogP contribution in [0.4, 0.5) is 4.79 Å². The second-order valence-electron chi connectivity index (χ2n) is 7.18. The largest absolute Gasteiger partial charge is 1.00 e. The molecule has 3 nitrogen and oxygen atoms in total. The number of hydrogen-bond acceptors (Lipinski definition) is 2. The first-order valence-electron chi connectivity index (χ1n) is 8.00. The van der Waals surface area contributed by atoms with E-state index in [0.29, 0.717) is 5.94 Å². The molecule has 0 saturated carbocycles. The van der Waals surface area contributed by atoms with Crippen molar-refractivity contribution in [3.05, 3.63) is 0 Å². The summed E-state index contributed by atoms with van der Waals surface area (Å²) >= 11 is 0. The Morgan fingerprint density at radius 2 is 1.70 bits per heavy atom. The van der Waals surface area contributed by atoms with Gasteiger partial charge in [0.25, 0.3) is 0 Å². The van der Waals surface area contributed by atoms with E-state index in [2.05, 4.69) is 20.8 Å². The van der Waals surface area contributed by atoms with Crippen LogP contribution < -0.4 is 18.9 Å². The molecule has 1 fully saturated rings. The Morgan fingerprint density at radius 3 is 2.10 bits per heavy atom. The molecule has 1 atom stereocenters. The molecule has 1 rings (SSSR count). The Morgan fingerprint density at radius 1 is 1.20 bits per heavy atom. The minimum atomic E-state index is -0.471. The molecule has 0 aromatic heterocycles. The molecule has 0 aromatic rings. The molecular formula is C15H31BLiNO2. The predicted molar refractivity (Wildman–Crippen MR) is 83.2 cm³/mol. The van der Waals surface area contributed by atoms with E-state index in [-0.39, 0.29) is 25.0 Å². The molecule has 1 saturated heterocycles. The zero-order chi connectivity index (χ0) is 14.7. The summed E-state index contributed by atoms with van der Waals surface area (Å²) in [6, 6.07) is 0. The van der Waals surface area contributed by atoms with Crippen molar-refractivity contribution in [3.63, 3.8) is 0 Å². The summed E-state index contributed by atoms with van der Waals surface area (Å²) < 4.78 is 5.58. The number of amides is 1. The van der Waals surface area contributed by atoms with Crippen LogP contribution in [0.5, 0.6) is 0 Å². The van der Waals surface area contributed by atoms with E-state index in [1.54, 1.807) is 0 Å². The fraction of sp³-hybridized carbons (Fsp3) is 0.933. The van der Waals surface area contributed by atoms with Gasteiger partial charge in [-0.3, -0.25) is 0 Å². The zero-order valence-corrected chi connectivity index (χ0v) is 14.7. The van der Waals surface area contributed by atoms with E-state index >= 15 is 0 Å². The van der Waals surface area contributed by atoms with E-state index in [9.17, 15) is 4.79 Å². The molecule has 20 heavy (non-hydrogen) atoms. The number of carbonyl (C=O) groups excluding carboxylic acids is 1. The Balaban J connectivity index is 0.00000361. The molecule has 112 valence electrons. The molecule has 1 aliphatic rings.